The molecule has 0 saturated heterocycles. The molecule has 1 N–H and O–H groups in total. The number of nitrogens with zero attached hydrogens (tertiary/aromatic N) is 2. The van der Waals surface area contributed by atoms with Gasteiger partial charge in [0.05, 0.1) is 19.4 Å². The van der Waals surface area contributed by atoms with Gasteiger partial charge in [0.2, 0.25) is 5.91 Å². The fourth-order valence-corrected chi connectivity index (χ4v) is 2.85. The second-order valence-corrected chi connectivity index (χ2v) is 7.47. The molecule has 1 unspecified atom stereocenters. The third-order valence-electron chi connectivity index (χ3n) is 4.47. The van der Waals surface area contributed by atoms with Gasteiger partial charge in [0.1, 0.15) is 18.8 Å². The molecule has 1 aromatic rings. The maximum atomic E-state index is 12.7. The van der Waals surface area contributed by atoms with E-state index in [-0.39, 0.29) is 30.9 Å². The van der Waals surface area contributed by atoms with E-state index in [1.54, 1.807) is 13.8 Å². The van der Waals surface area contributed by atoms with Crippen molar-refractivity contribution < 1.29 is 53.2 Å². The summed E-state index contributed by atoms with van der Waals surface area (Å²) in [6.45, 7) is 3.36. The van der Waals surface area contributed by atoms with Gasteiger partial charge in [-0.05, 0) is 31.5 Å². The summed E-state index contributed by atoms with van der Waals surface area (Å²) >= 11 is 0. The molecule has 37 heavy (non-hydrogen) atoms. The average Bonchev–Trinajstić information content (AvgIpc) is 2.80. The summed E-state index contributed by atoms with van der Waals surface area (Å²) in [6.07, 6.45) is -1.09. The first-order valence-electron chi connectivity index (χ1n) is 11.0. The highest BCUT2D eigenvalue weighted by Crippen LogP contribution is 2.31. The van der Waals surface area contributed by atoms with E-state index in [1.807, 2.05) is 0 Å². The number of nitrogens with one attached hydrogen (secondary N) is 1. The van der Waals surface area contributed by atoms with Crippen molar-refractivity contribution in [2.75, 3.05) is 19.8 Å². The molecule has 16 nitrogen and oxygen atoms in total. The largest absolute Gasteiger partial charge is 0.464 e. The first-order chi connectivity index (χ1) is 17.4. The van der Waals surface area contributed by atoms with Gasteiger partial charge in [0.15, 0.2) is 11.5 Å². The maximum Gasteiger partial charge on any atom is 0.331 e. The lowest BCUT2D eigenvalue weighted by Crippen LogP contribution is -2.54. The standard InChI is InChI=1S/C21H27N3O13/c1-4-18(26)36-15-7-6-14(12-16(15)37-19(27)9-11-35-24(31)32)13-21(3,20(28)33-5-2)22-17(25)8-10-34-23(29)30/h6-7,12H,4-5,8-11,13H2,1-3H3,(H,22,25). The van der Waals surface area contributed by atoms with Crippen LogP contribution >= 0.6 is 0 Å². The summed E-state index contributed by atoms with van der Waals surface area (Å²) < 4.78 is 15.4. The molecule has 1 rings (SSSR count). The Hall–Kier alpha value is -4.50. The van der Waals surface area contributed by atoms with Crippen molar-refractivity contribution in [3.8, 4) is 11.5 Å². The molecular formula is C21H27N3O13. The molecule has 0 aliphatic rings. The summed E-state index contributed by atoms with van der Waals surface area (Å²) in [6, 6.07) is 4.03. The fourth-order valence-electron chi connectivity index (χ4n) is 2.85. The Bertz CT molecular complexity index is 1010. The van der Waals surface area contributed by atoms with E-state index in [4.69, 9.17) is 14.2 Å². The molecule has 0 saturated carbocycles. The molecule has 0 aliphatic heterocycles. The van der Waals surface area contributed by atoms with Crippen LogP contribution in [0.4, 0.5) is 0 Å². The number of carbonyl (C=O) groups is 4. The van der Waals surface area contributed by atoms with Crippen molar-refractivity contribution in [3.05, 3.63) is 44.0 Å². The van der Waals surface area contributed by atoms with Crippen LogP contribution in [0.15, 0.2) is 18.2 Å². The van der Waals surface area contributed by atoms with Gasteiger partial charge in [-0.2, -0.15) is 0 Å². The molecule has 0 aliphatic carbocycles. The van der Waals surface area contributed by atoms with Gasteiger partial charge < -0.3 is 29.2 Å². The molecule has 0 radical (unpaired) electrons. The highest BCUT2D eigenvalue weighted by atomic mass is 17.0. The Balaban J connectivity index is 3.18. The molecule has 0 heterocycles. The second kappa shape index (κ2) is 14.8. The van der Waals surface area contributed by atoms with Crippen LogP contribution < -0.4 is 14.8 Å². The van der Waals surface area contributed by atoms with E-state index in [9.17, 15) is 39.4 Å². The number of carbonyl (C=O) groups excluding carboxylic acids is 4. The van der Waals surface area contributed by atoms with Crippen LogP contribution in [-0.2, 0) is 40.0 Å². The minimum Gasteiger partial charge on any atom is -0.464 e. The van der Waals surface area contributed by atoms with Gasteiger partial charge in [0.25, 0.3) is 10.2 Å². The Morgan fingerprint density at radius 2 is 1.51 bits per heavy atom. The first kappa shape index (κ1) is 30.5. The van der Waals surface area contributed by atoms with Gasteiger partial charge in [-0.3, -0.25) is 14.4 Å². The van der Waals surface area contributed by atoms with Crippen LogP contribution in [0.2, 0.25) is 0 Å². The SMILES string of the molecule is CCOC(=O)C(C)(Cc1ccc(OC(=O)CC)c(OC(=O)CCO[N+](=O)[O-])c1)NC(=O)CCO[N+](=O)[O-]. The van der Waals surface area contributed by atoms with Crippen LogP contribution in [0, 0.1) is 20.2 Å². The smallest absolute Gasteiger partial charge is 0.331 e. The zero-order chi connectivity index (χ0) is 28.0. The van der Waals surface area contributed by atoms with Gasteiger partial charge in [-0.25, -0.2) is 4.79 Å². The predicted molar refractivity (Wildman–Crippen MR) is 120 cm³/mol. The van der Waals surface area contributed by atoms with E-state index in [2.05, 4.69) is 15.0 Å². The molecule has 1 amide bonds. The number of amides is 1. The normalized spacial score (nSPS) is 11.9. The van der Waals surface area contributed by atoms with Crippen LogP contribution in [-0.4, -0.2) is 59.3 Å². The highest BCUT2D eigenvalue weighted by Gasteiger charge is 2.37. The third kappa shape index (κ3) is 11.2. The van der Waals surface area contributed by atoms with Crippen molar-refractivity contribution >= 4 is 23.8 Å². The summed E-state index contributed by atoms with van der Waals surface area (Å²) in [5.41, 5.74) is -1.32. The number of hydrogen-bond acceptors (Lipinski definition) is 13. The molecule has 0 aromatic heterocycles. The first-order valence-corrected chi connectivity index (χ1v) is 11.0. The summed E-state index contributed by atoms with van der Waals surface area (Å²) in [5.74, 6) is -3.46. The van der Waals surface area contributed by atoms with E-state index < -0.39 is 65.6 Å². The Kier molecular flexibility index (Phi) is 12.2. The summed E-state index contributed by atoms with van der Waals surface area (Å²) in [5, 5.41) is 20.9. The van der Waals surface area contributed by atoms with Gasteiger partial charge >= 0.3 is 17.9 Å². The number of hydrogen-bond donors (Lipinski definition) is 1. The molecule has 204 valence electrons. The van der Waals surface area contributed by atoms with Crippen molar-refractivity contribution in [3.63, 3.8) is 0 Å². The number of benzene rings is 1. The number of rotatable bonds is 16. The van der Waals surface area contributed by atoms with E-state index in [1.165, 1.54) is 25.1 Å². The second-order valence-electron chi connectivity index (χ2n) is 7.47. The van der Waals surface area contributed by atoms with Crippen molar-refractivity contribution in [1.29, 1.82) is 0 Å². The van der Waals surface area contributed by atoms with Crippen LogP contribution in [0.1, 0.15) is 45.6 Å². The van der Waals surface area contributed by atoms with E-state index in [0.717, 1.165) is 0 Å². The monoisotopic (exact) mass is 529 g/mol. The van der Waals surface area contributed by atoms with Gasteiger partial charge in [-0.15, -0.1) is 20.2 Å². The summed E-state index contributed by atoms with van der Waals surface area (Å²) in [7, 11) is 0. The number of ether oxygens (including phenoxy) is 3. The van der Waals surface area contributed by atoms with Crippen molar-refractivity contribution in [2.45, 2.75) is 52.0 Å². The zero-order valence-corrected chi connectivity index (χ0v) is 20.4. The molecule has 0 bridgehead atoms. The van der Waals surface area contributed by atoms with E-state index in [0.29, 0.717) is 5.56 Å². The topological polar surface area (TPSA) is 213 Å². The molecule has 1 aromatic carbocycles. The molecule has 0 spiro atoms. The van der Waals surface area contributed by atoms with Crippen LogP contribution in [0.5, 0.6) is 11.5 Å². The number of esters is 3. The molecule has 0 fully saturated rings. The Morgan fingerprint density at radius 3 is 2.08 bits per heavy atom. The summed E-state index contributed by atoms with van der Waals surface area (Å²) in [4.78, 5) is 77.6. The quantitative estimate of drug-likeness (QED) is 0.138. The molecular weight excluding hydrogens is 502 g/mol. The minimum atomic E-state index is -1.65. The van der Waals surface area contributed by atoms with Gasteiger partial charge in [0, 0.05) is 12.8 Å². The lowest BCUT2D eigenvalue weighted by molar-refractivity contribution is -0.757. The Labute approximate surface area is 210 Å². The lowest BCUT2D eigenvalue weighted by Gasteiger charge is -2.29. The molecule has 1 atom stereocenters. The third-order valence-corrected chi connectivity index (χ3v) is 4.47. The average molecular weight is 529 g/mol. The van der Waals surface area contributed by atoms with Crippen molar-refractivity contribution in [1.82, 2.24) is 5.32 Å². The van der Waals surface area contributed by atoms with Gasteiger partial charge in [-0.1, -0.05) is 13.0 Å². The van der Waals surface area contributed by atoms with Crippen LogP contribution in [0.3, 0.4) is 0 Å². The van der Waals surface area contributed by atoms with Crippen molar-refractivity contribution in [2.24, 2.45) is 0 Å². The highest BCUT2D eigenvalue weighted by molar-refractivity contribution is 5.88. The fraction of sp³-hybridized carbons (Fsp3) is 0.524. The Morgan fingerprint density at radius 1 is 0.919 bits per heavy atom. The minimum absolute atomic E-state index is 0.00425. The maximum absolute atomic E-state index is 12.7. The van der Waals surface area contributed by atoms with E-state index >= 15 is 0 Å². The van der Waals surface area contributed by atoms with Crippen LogP contribution in [0.25, 0.3) is 0 Å². The predicted octanol–water partition coefficient (Wildman–Crippen LogP) is 1.08. The molecule has 16 heteroatoms. The lowest BCUT2D eigenvalue weighted by atomic mass is 9.92. The zero-order valence-electron chi connectivity index (χ0n) is 20.4.